The Hall–Kier alpha value is -1.81. The van der Waals surface area contributed by atoms with Gasteiger partial charge in [-0.05, 0) is 26.8 Å². The highest BCUT2D eigenvalue weighted by Crippen LogP contribution is 2.19. The number of para-hydroxylation sites is 1. The maximum Gasteiger partial charge on any atom is 0.253 e. The summed E-state index contributed by atoms with van der Waals surface area (Å²) in [6.45, 7) is 5.25. The second kappa shape index (κ2) is 4.46. The molecule has 0 aliphatic carbocycles. The number of amides is 1. The van der Waals surface area contributed by atoms with E-state index in [-0.39, 0.29) is 5.91 Å². The topological polar surface area (TPSA) is 65.1 Å². The molecule has 2 rings (SSSR count). The van der Waals surface area contributed by atoms with Crippen molar-refractivity contribution in [3.8, 4) is 0 Å². The third-order valence-electron chi connectivity index (χ3n) is 3.31. The highest BCUT2D eigenvalue weighted by molar-refractivity contribution is 6.06. The number of fused-ring (bicyclic) bond motifs is 1. The van der Waals surface area contributed by atoms with Crippen molar-refractivity contribution in [1.82, 2.24) is 10.3 Å². The minimum Gasteiger partial charge on any atom is -0.391 e. The lowest BCUT2D eigenvalue weighted by Crippen LogP contribution is -2.50. The molecule has 0 saturated heterocycles. The lowest BCUT2D eigenvalue weighted by molar-refractivity contribution is 0.0711. The standard InChI is InChI=1S/C14H18N2O2/c1-9(17)14(2,3)16-13(18)11-8-15-12-7-5-4-6-10(11)12/h4-9,15,17H,1-3H3,(H,16,18). The van der Waals surface area contributed by atoms with Gasteiger partial charge in [-0.1, -0.05) is 18.2 Å². The predicted octanol–water partition coefficient (Wildman–Crippen LogP) is 2.06. The van der Waals surface area contributed by atoms with Crippen molar-refractivity contribution in [2.24, 2.45) is 0 Å². The summed E-state index contributed by atoms with van der Waals surface area (Å²) in [6, 6.07) is 7.63. The quantitative estimate of drug-likeness (QED) is 0.776. The molecule has 18 heavy (non-hydrogen) atoms. The number of rotatable bonds is 3. The van der Waals surface area contributed by atoms with Gasteiger partial charge in [0.1, 0.15) is 0 Å². The van der Waals surface area contributed by atoms with Crippen molar-refractivity contribution in [1.29, 1.82) is 0 Å². The monoisotopic (exact) mass is 246 g/mol. The maximum absolute atomic E-state index is 12.2. The first kappa shape index (κ1) is 12.6. The number of H-pyrrole nitrogens is 1. The smallest absolute Gasteiger partial charge is 0.253 e. The lowest BCUT2D eigenvalue weighted by Gasteiger charge is -2.29. The van der Waals surface area contributed by atoms with Gasteiger partial charge in [0.25, 0.3) is 5.91 Å². The number of nitrogens with one attached hydrogen (secondary N) is 2. The van der Waals surface area contributed by atoms with Crippen LogP contribution in [0.3, 0.4) is 0 Å². The largest absolute Gasteiger partial charge is 0.391 e. The van der Waals surface area contributed by atoms with E-state index in [9.17, 15) is 9.90 Å². The summed E-state index contributed by atoms with van der Waals surface area (Å²) in [5, 5.41) is 13.3. The Balaban J connectivity index is 2.30. The number of benzene rings is 1. The number of carbonyl (C=O) groups is 1. The van der Waals surface area contributed by atoms with E-state index >= 15 is 0 Å². The summed E-state index contributed by atoms with van der Waals surface area (Å²) in [7, 11) is 0. The molecule has 0 radical (unpaired) electrons. The second-order valence-electron chi connectivity index (χ2n) is 5.10. The van der Waals surface area contributed by atoms with Gasteiger partial charge in [0.15, 0.2) is 0 Å². The first-order valence-corrected chi connectivity index (χ1v) is 5.98. The molecule has 4 heteroatoms. The summed E-state index contributed by atoms with van der Waals surface area (Å²) in [5.41, 5.74) is 0.868. The number of carbonyl (C=O) groups excluding carboxylic acids is 1. The molecule has 1 atom stereocenters. The van der Waals surface area contributed by atoms with Gasteiger partial charge in [-0.15, -0.1) is 0 Å². The molecule has 1 aromatic carbocycles. The zero-order valence-electron chi connectivity index (χ0n) is 10.8. The van der Waals surface area contributed by atoms with E-state index in [1.165, 1.54) is 0 Å². The van der Waals surface area contributed by atoms with Crippen LogP contribution in [0.2, 0.25) is 0 Å². The Morgan fingerprint density at radius 1 is 1.39 bits per heavy atom. The fourth-order valence-corrected chi connectivity index (χ4v) is 1.72. The highest BCUT2D eigenvalue weighted by atomic mass is 16.3. The van der Waals surface area contributed by atoms with Crippen molar-refractivity contribution in [3.05, 3.63) is 36.0 Å². The molecule has 3 N–H and O–H groups in total. The molecule has 1 aromatic heterocycles. The van der Waals surface area contributed by atoms with Crippen LogP contribution in [0.25, 0.3) is 10.9 Å². The van der Waals surface area contributed by atoms with Gasteiger partial charge in [-0.25, -0.2) is 0 Å². The SMILES string of the molecule is CC(O)C(C)(C)NC(=O)c1c[nH]c2ccccc12. The molecule has 1 heterocycles. The van der Waals surface area contributed by atoms with Crippen LogP contribution in [-0.2, 0) is 0 Å². The minimum absolute atomic E-state index is 0.182. The second-order valence-corrected chi connectivity index (χ2v) is 5.10. The van der Waals surface area contributed by atoms with Crippen LogP contribution in [0.4, 0.5) is 0 Å². The van der Waals surface area contributed by atoms with E-state index in [0.717, 1.165) is 10.9 Å². The predicted molar refractivity (Wildman–Crippen MR) is 71.5 cm³/mol. The summed E-state index contributed by atoms with van der Waals surface area (Å²) in [6.07, 6.45) is 1.07. The van der Waals surface area contributed by atoms with E-state index in [1.54, 1.807) is 27.0 Å². The molecule has 4 nitrogen and oxygen atoms in total. The number of aliphatic hydroxyl groups is 1. The van der Waals surface area contributed by atoms with Gasteiger partial charge >= 0.3 is 0 Å². The van der Waals surface area contributed by atoms with E-state index in [4.69, 9.17) is 0 Å². The molecule has 0 spiro atoms. The molecule has 0 aliphatic heterocycles. The van der Waals surface area contributed by atoms with Crippen LogP contribution in [-0.4, -0.2) is 27.6 Å². The fraction of sp³-hybridized carbons (Fsp3) is 0.357. The molecule has 2 aromatic rings. The van der Waals surface area contributed by atoms with Crippen LogP contribution in [0.5, 0.6) is 0 Å². The van der Waals surface area contributed by atoms with Crippen LogP contribution >= 0.6 is 0 Å². The summed E-state index contributed by atoms with van der Waals surface area (Å²) in [5.74, 6) is -0.182. The Bertz CT molecular complexity index is 570. The minimum atomic E-state index is -0.657. The first-order valence-electron chi connectivity index (χ1n) is 5.98. The first-order chi connectivity index (χ1) is 8.42. The number of aromatic nitrogens is 1. The molecule has 0 fully saturated rings. The number of hydrogen-bond donors (Lipinski definition) is 3. The number of hydrogen-bond acceptors (Lipinski definition) is 2. The van der Waals surface area contributed by atoms with E-state index in [2.05, 4.69) is 10.3 Å². The van der Waals surface area contributed by atoms with Gasteiger partial charge < -0.3 is 15.4 Å². The van der Waals surface area contributed by atoms with Crippen LogP contribution in [0.1, 0.15) is 31.1 Å². The van der Waals surface area contributed by atoms with Crippen LogP contribution < -0.4 is 5.32 Å². The van der Waals surface area contributed by atoms with E-state index in [1.807, 2.05) is 24.3 Å². The maximum atomic E-state index is 12.2. The zero-order chi connectivity index (χ0) is 13.3. The summed E-state index contributed by atoms with van der Waals surface area (Å²) in [4.78, 5) is 15.3. The van der Waals surface area contributed by atoms with Gasteiger partial charge in [0, 0.05) is 17.1 Å². The van der Waals surface area contributed by atoms with Crippen molar-refractivity contribution < 1.29 is 9.90 Å². The Morgan fingerprint density at radius 3 is 2.72 bits per heavy atom. The van der Waals surface area contributed by atoms with Gasteiger partial charge in [0.05, 0.1) is 17.2 Å². The van der Waals surface area contributed by atoms with Gasteiger partial charge in [-0.2, -0.15) is 0 Å². The van der Waals surface area contributed by atoms with Crippen LogP contribution in [0.15, 0.2) is 30.5 Å². The molecular formula is C14H18N2O2. The fourth-order valence-electron chi connectivity index (χ4n) is 1.72. The average Bonchev–Trinajstić information content (AvgIpc) is 2.71. The van der Waals surface area contributed by atoms with Crippen molar-refractivity contribution in [3.63, 3.8) is 0 Å². The molecule has 1 amide bonds. The van der Waals surface area contributed by atoms with Crippen molar-refractivity contribution in [2.75, 3.05) is 0 Å². The van der Waals surface area contributed by atoms with Crippen molar-refractivity contribution in [2.45, 2.75) is 32.4 Å². The summed E-state index contributed by atoms with van der Waals surface area (Å²) < 4.78 is 0. The van der Waals surface area contributed by atoms with Gasteiger partial charge in [0.2, 0.25) is 0 Å². The average molecular weight is 246 g/mol. The molecular weight excluding hydrogens is 228 g/mol. The lowest BCUT2D eigenvalue weighted by atomic mass is 9.98. The van der Waals surface area contributed by atoms with Crippen LogP contribution in [0, 0.1) is 0 Å². The molecule has 0 bridgehead atoms. The Morgan fingerprint density at radius 2 is 2.06 bits per heavy atom. The molecule has 1 unspecified atom stereocenters. The molecule has 0 saturated carbocycles. The Kier molecular flexibility index (Phi) is 3.13. The Labute approximate surface area is 106 Å². The normalized spacial score (nSPS) is 13.6. The highest BCUT2D eigenvalue weighted by Gasteiger charge is 2.27. The zero-order valence-corrected chi connectivity index (χ0v) is 10.8. The molecule has 96 valence electrons. The third kappa shape index (κ3) is 2.24. The summed E-state index contributed by atoms with van der Waals surface area (Å²) >= 11 is 0. The number of aliphatic hydroxyl groups excluding tert-OH is 1. The third-order valence-corrected chi connectivity index (χ3v) is 3.31. The van der Waals surface area contributed by atoms with E-state index < -0.39 is 11.6 Å². The van der Waals surface area contributed by atoms with Crippen molar-refractivity contribution >= 4 is 16.8 Å². The molecule has 0 aliphatic rings. The van der Waals surface area contributed by atoms with E-state index in [0.29, 0.717) is 5.56 Å². The van der Waals surface area contributed by atoms with Gasteiger partial charge in [-0.3, -0.25) is 4.79 Å². The number of aromatic amines is 1.